The van der Waals surface area contributed by atoms with Crippen molar-refractivity contribution in [2.75, 3.05) is 19.6 Å². The van der Waals surface area contributed by atoms with Crippen molar-refractivity contribution in [3.8, 4) is 6.07 Å². The number of hydrogen-bond acceptors (Lipinski definition) is 5. The van der Waals surface area contributed by atoms with E-state index in [9.17, 15) is 26.4 Å². The number of hydrogen-bond donors (Lipinski definition) is 0. The lowest BCUT2D eigenvalue weighted by Crippen LogP contribution is -2.49. The molecule has 0 bridgehead atoms. The topological polar surface area (TPSA) is 94.4 Å². The number of aromatic nitrogens is 1. The molecule has 0 saturated carbocycles. The molecule has 1 saturated heterocycles. The van der Waals surface area contributed by atoms with Crippen molar-refractivity contribution < 1.29 is 26.4 Å². The number of amides is 1. The van der Waals surface area contributed by atoms with Crippen LogP contribution in [0.4, 0.5) is 13.2 Å². The second-order valence-electron chi connectivity index (χ2n) is 7.08. The Balaban J connectivity index is 1.74. The zero-order valence-electron chi connectivity index (χ0n) is 15.6. The predicted molar refractivity (Wildman–Crippen MR) is 97.7 cm³/mol. The van der Waals surface area contributed by atoms with E-state index in [1.54, 1.807) is 25.1 Å². The molecule has 3 heterocycles. The lowest BCUT2D eigenvalue weighted by molar-refractivity contribution is -0.139. The van der Waals surface area contributed by atoms with E-state index in [0.29, 0.717) is 23.0 Å². The minimum absolute atomic E-state index is 0.0375. The first-order valence-corrected chi connectivity index (χ1v) is 10.4. The summed E-state index contributed by atoms with van der Waals surface area (Å²) in [5, 5.41) is 8.89. The van der Waals surface area contributed by atoms with Gasteiger partial charge in [0, 0.05) is 25.3 Å². The molecule has 1 amide bonds. The summed E-state index contributed by atoms with van der Waals surface area (Å²) in [5.74, 6) is -0.270. The minimum Gasteiger partial charge on any atom is -0.327 e. The Hall–Kier alpha value is -2.97. The summed E-state index contributed by atoms with van der Waals surface area (Å²) in [5.41, 5.74) is -0.230. The van der Waals surface area contributed by atoms with Gasteiger partial charge in [-0.05, 0) is 37.3 Å². The molecule has 1 aromatic heterocycles. The van der Waals surface area contributed by atoms with E-state index in [1.165, 1.54) is 4.90 Å². The van der Waals surface area contributed by atoms with Crippen LogP contribution in [0.15, 0.2) is 35.2 Å². The first kappa shape index (κ1) is 20.3. The van der Waals surface area contributed by atoms with Crippen LogP contribution < -0.4 is 0 Å². The van der Waals surface area contributed by atoms with Crippen molar-refractivity contribution in [2.24, 2.45) is 0 Å². The van der Waals surface area contributed by atoms with Crippen molar-refractivity contribution in [2.45, 2.75) is 24.0 Å². The Morgan fingerprint density at radius 1 is 1.20 bits per heavy atom. The van der Waals surface area contributed by atoms with Crippen LogP contribution in [0.25, 0.3) is 0 Å². The lowest BCUT2D eigenvalue weighted by Gasteiger charge is -2.36. The van der Waals surface area contributed by atoms with E-state index < -0.39 is 32.7 Å². The third-order valence-corrected chi connectivity index (χ3v) is 7.17. The summed E-state index contributed by atoms with van der Waals surface area (Å²) >= 11 is 0. The predicted octanol–water partition coefficient (Wildman–Crippen LogP) is 2.48. The van der Waals surface area contributed by atoms with Crippen LogP contribution in [0.2, 0.25) is 0 Å². The van der Waals surface area contributed by atoms with Gasteiger partial charge in [0.15, 0.2) is 0 Å². The number of carbonyl (C=O) groups excluding carboxylic acids is 1. The Bertz CT molecular complexity index is 1200. The van der Waals surface area contributed by atoms with E-state index in [-0.39, 0.29) is 31.1 Å². The largest absolute Gasteiger partial charge is 0.417 e. The summed E-state index contributed by atoms with van der Waals surface area (Å²) in [6.45, 7) is 1.43. The smallest absolute Gasteiger partial charge is 0.327 e. The number of halogens is 3. The lowest BCUT2D eigenvalue weighted by atomic mass is 10.1. The first-order valence-electron chi connectivity index (χ1n) is 8.94. The molecule has 4 rings (SSSR count). The normalized spacial score (nSPS) is 19.4. The highest BCUT2D eigenvalue weighted by atomic mass is 32.2. The SMILES string of the molecule is Cc1ccc2c(n1)C1CN(S(=O)(=O)c3ccc(C#N)cc3C(F)(F)F)CCN1C2=O. The molecule has 1 atom stereocenters. The second-order valence-corrected chi connectivity index (χ2v) is 8.99. The summed E-state index contributed by atoms with van der Waals surface area (Å²) in [6.07, 6.45) is -4.95. The van der Waals surface area contributed by atoms with Gasteiger partial charge in [0.25, 0.3) is 5.91 Å². The molecule has 1 fully saturated rings. The molecule has 0 spiro atoms. The number of aryl methyl sites for hydroxylation is 1. The molecule has 156 valence electrons. The summed E-state index contributed by atoms with van der Waals surface area (Å²) in [6, 6.07) is 6.60. The number of pyridine rings is 1. The van der Waals surface area contributed by atoms with Crippen LogP contribution in [0.1, 0.15) is 38.9 Å². The molecule has 0 radical (unpaired) electrons. The van der Waals surface area contributed by atoms with Crippen LogP contribution in [-0.2, 0) is 16.2 Å². The molecule has 1 unspecified atom stereocenters. The number of benzene rings is 1. The van der Waals surface area contributed by atoms with Crippen molar-refractivity contribution in [3.63, 3.8) is 0 Å². The van der Waals surface area contributed by atoms with Gasteiger partial charge >= 0.3 is 6.18 Å². The molecule has 11 heteroatoms. The summed E-state index contributed by atoms with van der Waals surface area (Å²) in [4.78, 5) is 17.5. The van der Waals surface area contributed by atoms with Gasteiger partial charge in [0.05, 0.1) is 39.4 Å². The first-order chi connectivity index (χ1) is 14.0. The number of nitrogens with zero attached hydrogens (tertiary/aromatic N) is 4. The van der Waals surface area contributed by atoms with Crippen LogP contribution in [0, 0.1) is 18.3 Å². The number of piperazine rings is 1. The Kier molecular flexibility index (Phi) is 4.59. The third kappa shape index (κ3) is 3.12. The number of rotatable bonds is 2. The fourth-order valence-electron chi connectivity index (χ4n) is 3.80. The van der Waals surface area contributed by atoms with Gasteiger partial charge < -0.3 is 4.90 Å². The Morgan fingerprint density at radius 2 is 1.93 bits per heavy atom. The molecule has 0 N–H and O–H groups in total. The van der Waals surface area contributed by atoms with Gasteiger partial charge in [-0.2, -0.15) is 22.7 Å². The molecule has 1 aromatic carbocycles. The standard InChI is InChI=1S/C19H15F3N4O3S/c1-11-2-4-13-17(24-11)15-10-25(6-7-26(15)18(13)27)30(28,29)16-5-3-12(9-23)8-14(16)19(20,21)22/h2-5,8,15H,6-7,10H2,1H3. The van der Waals surface area contributed by atoms with Crippen LogP contribution >= 0.6 is 0 Å². The summed E-state index contributed by atoms with van der Waals surface area (Å²) < 4.78 is 67.7. The highest BCUT2D eigenvalue weighted by molar-refractivity contribution is 7.89. The number of sulfonamides is 1. The van der Waals surface area contributed by atoms with Gasteiger partial charge in [-0.3, -0.25) is 9.78 Å². The second kappa shape index (κ2) is 6.78. The highest BCUT2D eigenvalue weighted by Crippen LogP contribution is 2.39. The number of nitriles is 1. The van der Waals surface area contributed by atoms with Crippen LogP contribution in [0.5, 0.6) is 0 Å². The maximum atomic E-state index is 13.5. The number of carbonyl (C=O) groups is 1. The fourth-order valence-corrected chi connectivity index (χ4v) is 5.43. The number of fused-ring (bicyclic) bond motifs is 3. The average Bonchev–Trinajstić information content (AvgIpc) is 2.98. The van der Waals surface area contributed by atoms with Crippen molar-refractivity contribution in [1.29, 1.82) is 5.26 Å². The van der Waals surface area contributed by atoms with E-state index in [0.717, 1.165) is 16.4 Å². The van der Waals surface area contributed by atoms with Crippen LogP contribution in [0.3, 0.4) is 0 Å². The minimum atomic E-state index is -4.95. The molecule has 2 aromatic rings. The molecule has 30 heavy (non-hydrogen) atoms. The Labute approximate surface area is 170 Å². The van der Waals surface area contributed by atoms with Gasteiger partial charge in [0.2, 0.25) is 10.0 Å². The molecular weight excluding hydrogens is 421 g/mol. The Morgan fingerprint density at radius 3 is 2.60 bits per heavy atom. The van der Waals surface area contributed by atoms with E-state index in [4.69, 9.17) is 5.26 Å². The zero-order valence-corrected chi connectivity index (χ0v) is 16.5. The third-order valence-electron chi connectivity index (χ3n) is 5.25. The van der Waals surface area contributed by atoms with Crippen molar-refractivity contribution >= 4 is 15.9 Å². The van der Waals surface area contributed by atoms with Gasteiger partial charge in [0.1, 0.15) is 0 Å². The molecule has 2 aliphatic rings. The van der Waals surface area contributed by atoms with Gasteiger partial charge in [-0.15, -0.1) is 0 Å². The number of alkyl halides is 3. The molecule has 0 aliphatic carbocycles. The van der Waals surface area contributed by atoms with E-state index >= 15 is 0 Å². The van der Waals surface area contributed by atoms with Crippen LogP contribution in [-0.4, -0.2) is 48.1 Å². The van der Waals surface area contributed by atoms with Crippen molar-refractivity contribution in [3.05, 3.63) is 58.4 Å². The van der Waals surface area contributed by atoms with E-state index in [1.807, 2.05) is 0 Å². The molecule has 2 aliphatic heterocycles. The zero-order chi connectivity index (χ0) is 21.8. The highest BCUT2D eigenvalue weighted by Gasteiger charge is 2.46. The quantitative estimate of drug-likeness (QED) is 0.721. The fraction of sp³-hybridized carbons (Fsp3) is 0.316. The molecule has 7 nitrogen and oxygen atoms in total. The van der Waals surface area contributed by atoms with Gasteiger partial charge in [-0.25, -0.2) is 8.42 Å². The maximum absolute atomic E-state index is 13.5. The van der Waals surface area contributed by atoms with Gasteiger partial charge in [-0.1, -0.05) is 0 Å². The van der Waals surface area contributed by atoms with Crippen molar-refractivity contribution in [1.82, 2.24) is 14.2 Å². The average molecular weight is 436 g/mol. The maximum Gasteiger partial charge on any atom is 0.417 e. The summed E-state index contributed by atoms with van der Waals surface area (Å²) in [7, 11) is -4.53. The molecular formula is C19H15F3N4O3S. The van der Waals surface area contributed by atoms with E-state index in [2.05, 4.69) is 4.98 Å². The monoisotopic (exact) mass is 436 g/mol.